The molecule has 0 bridgehead atoms. The van der Waals surface area contributed by atoms with Crippen LogP contribution in [-0.2, 0) is 14.8 Å². The largest absolute Gasteiger partial charge is 0.377 e. The van der Waals surface area contributed by atoms with Crippen molar-refractivity contribution in [3.63, 3.8) is 0 Å². The third kappa shape index (κ3) is 2.97. The van der Waals surface area contributed by atoms with E-state index in [0.717, 1.165) is 34.2 Å². The van der Waals surface area contributed by atoms with Crippen molar-refractivity contribution in [2.45, 2.75) is 13.0 Å². The Hall–Kier alpha value is -2.91. The van der Waals surface area contributed by atoms with Crippen molar-refractivity contribution < 1.29 is 13.2 Å². The van der Waals surface area contributed by atoms with E-state index in [-0.39, 0.29) is 6.04 Å². The molecule has 0 saturated carbocycles. The number of morpholine rings is 1. The highest BCUT2D eigenvalue weighted by Crippen LogP contribution is 2.35. The molecule has 29 heavy (non-hydrogen) atoms. The maximum Gasteiger partial charge on any atom is 0.237 e. The van der Waals surface area contributed by atoms with Crippen molar-refractivity contribution in [1.29, 1.82) is 0 Å². The summed E-state index contributed by atoms with van der Waals surface area (Å²) in [6.45, 7) is 4.10. The Morgan fingerprint density at radius 2 is 2.14 bits per heavy atom. The zero-order chi connectivity index (χ0) is 20.2. The quantitative estimate of drug-likeness (QED) is 0.557. The van der Waals surface area contributed by atoms with Crippen molar-refractivity contribution in [1.82, 2.24) is 18.9 Å². The van der Waals surface area contributed by atoms with Gasteiger partial charge in [0.25, 0.3) is 0 Å². The van der Waals surface area contributed by atoms with Crippen LogP contribution < -0.4 is 4.90 Å². The molecular weight excluding hydrogens is 390 g/mol. The standard InChI is InChI=1S/C20H21N5O3S/c1-13-12-28-9-8-24(13)18-10-17(16-11-22-19-14(16)4-3-6-21-19)23-20-15(18)5-7-25(20)29(2,26)27/h3-7,10-11,13H,8-9,12H2,1-2H3,(H,21,22)/t13-/m1/s1. The summed E-state index contributed by atoms with van der Waals surface area (Å²) in [5.41, 5.74) is 3.75. The molecule has 5 rings (SSSR count). The maximum absolute atomic E-state index is 12.3. The van der Waals surface area contributed by atoms with E-state index in [1.807, 2.05) is 30.5 Å². The number of anilines is 1. The molecule has 0 aromatic carbocycles. The van der Waals surface area contributed by atoms with Crippen molar-refractivity contribution in [2.75, 3.05) is 30.9 Å². The highest BCUT2D eigenvalue weighted by molar-refractivity contribution is 7.89. The first kappa shape index (κ1) is 18.1. The van der Waals surface area contributed by atoms with Gasteiger partial charge in [-0.15, -0.1) is 0 Å². The fraction of sp³-hybridized carbons (Fsp3) is 0.300. The Bertz CT molecular complexity index is 1320. The summed E-state index contributed by atoms with van der Waals surface area (Å²) >= 11 is 0. The summed E-state index contributed by atoms with van der Waals surface area (Å²) in [6, 6.07) is 7.89. The molecule has 4 aromatic heterocycles. The van der Waals surface area contributed by atoms with E-state index < -0.39 is 10.0 Å². The number of fused-ring (bicyclic) bond motifs is 2. The molecule has 1 atom stereocenters. The highest BCUT2D eigenvalue weighted by atomic mass is 32.2. The Morgan fingerprint density at radius 1 is 1.28 bits per heavy atom. The van der Waals surface area contributed by atoms with Crippen molar-refractivity contribution in [3.05, 3.63) is 42.9 Å². The molecule has 1 fully saturated rings. The van der Waals surface area contributed by atoms with E-state index in [1.54, 1.807) is 12.4 Å². The molecule has 5 heterocycles. The second-order valence-electron chi connectivity index (χ2n) is 7.36. The van der Waals surface area contributed by atoms with E-state index in [1.165, 1.54) is 10.2 Å². The van der Waals surface area contributed by atoms with E-state index in [2.05, 4.69) is 21.8 Å². The fourth-order valence-corrected chi connectivity index (χ4v) is 4.70. The molecular formula is C20H21N5O3S. The number of nitrogens with zero attached hydrogens (tertiary/aromatic N) is 4. The zero-order valence-electron chi connectivity index (χ0n) is 16.2. The number of hydrogen-bond acceptors (Lipinski definition) is 6. The Kier molecular flexibility index (Phi) is 4.11. The molecule has 150 valence electrons. The Labute approximate surface area is 168 Å². The van der Waals surface area contributed by atoms with Gasteiger partial charge in [-0.3, -0.25) is 0 Å². The molecule has 0 spiro atoms. The lowest BCUT2D eigenvalue weighted by Gasteiger charge is -2.35. The van der Waals surface area contributed by atoms with Crippen LogP contribution in [0.15, 0.2) is 42.9 Å². The molecule has 0 aliphatic carbocycles. The molecule has 1 N–H and O–H groups in total. The molecule has 0 radical (unpaired) electrons. The van der Waals surface area contributed by atoms with E-state index >= 15 is 0 Å². The molecule has 9 heteroatoms. The summed E-state index contributed by atoms with van der Waals surface area (Å²) < 4.78 is 31.5. The van der Waals surface area contributed by atoms with Crippen molar-refractivity contribution >= 4 is 37.8 Å². The number of nitrogens with one attached hydrogen (secondary N) is 1. The summed E-state index contributed by atoms with van der Waals surface area (Å²) in [4.78, 5) is 14.5. The minimum Gasteiger partial charge on any atom is -0.377 e. The van der Waals surface area contributed by atoms with E-state index in [0.29, 0.717) is 24.6 Å². The normalized spacial score (nSPS) is 18.0. The van der Waals surface area contributed by atoms with E-state index in [9.17, 15) is 8.42 Å². The second kappa shape index (κ2) is 6.57. The molecule has 0 unspecified atom stereocenters. The van der Waals surface area contributed by atoms with Gasteiger partial charge in [0.15, 0.2) is 5.65 Å². The molecule has 1 aliphatic heterocycles. The van der Waals surface area contributed by atoms with Gasteiger partial charge in [-0.1, -0.05) is 0 Å². The zero-order valence-corrected chi connectivity index (χ0v) is 17.0. The predicted molar refractivity (Wildman–Crippen MR) is 113 cm³/mol. The Morgan fingerprint density at radius 3 is 2.93 bits per heavy atom. The third-order valence-corrected chi connectivity index (χ3v) is 6.37. The molecule has 4 aromatic rings. The second-order valence-corrected chi connectivity index (χ2v) is 9.22. The van der Waals surface area contributed by atoms with Gasteiger partial charge in [0.1, 0.15) is 5.65 Å². The van der Waals surface area contributed by atoms with Gasteiger partial charge in [-0.05, 0) is 31.2 Å². The SMILES string of the molecule is C[C@@H]1COCCN1c1cc(-c2c[nH]c3ncccc23)nc2c1ccn2S(C)(=O)=O. The maximum atomic E-state index is 12.3. The number of hydrogen-bond donors (Lipinski definition) is 1. The fourth-order valence-electron chi connectivity index (χ4n) is 3.97. The lowest BCUT2D eigenvalue weighted by atomic mass is 10.1. The van der Waals surface area contributed by atoms with Gasteiger partial charge in [0, 0.05) is 47.5 Å². The number of aromatic amines is 1. The first-order valence-electron chi connectivity index (χ1n) is 9.43. The minimum absolute atomic E-state index is 0.174. The average molecular weight is 411 g/mol. The van der Waals surface area contributed by atoms with Crippen molar-refractivity contribution in [2.24, 2.45) is 0 Å². The van der Waals surface area contributed by atoms with Crippen LogP contribution in [0.4, 0.5) is 5.69 Å². The smallest absolute Gasteiger partial charge is 0.237 e. The monoisotopic (exact) mass is 411 g/mol. The first-order chi connectivity index (χ1) is 13.9. The lowest BCUT2D eigenvalue weighted by molar-refractivity contribution is 0.0991. The van der Waals surface area contributed by atoms with Crippen LogP contribution in [0.2, 0.25) is 0 Å². The predicted octanol–water partition coefficient (Wildman–Crippen LogP) is 2.61. The highest BCUT2D eigenvalue weighted by Gasteiger charge is 2.25. The average Bonchev–Trinajstić information content (AvgIpc) is 3.31. The number of ether oxygens (including phenoxy) is 1. The Balaban J connectivity index is 1.80. The summed E-state index contributed by atoms with van der Waals surface area (Å²) in [5, 5.41) is 1.75. The molecule has 0 amide bonds. The topological polar surface area (TPSA) is 93.1 Å². The molecule has 1 aliphatic rings. The lowest BCUT2D eigenvalue weighted by Crippen LogP contribution is -2.43. The number of H-pyrrole nitrogens is 1. The first-order valence-corrected chi connectivity index (χ1v) is 11.3. The van der Waals surface area contributed by atoms with Crippen molar-refractivity contribution in [3.8, 4) is 11.3 Å². The van der Waals surface area contributed by atoms with Crippen LogP contribution in [0.3, 0.4) is 0 Å². The molecule has 1 saturated heterocycles. The third-order valence-electron chi connectivity index (χ3n) is 5.36. The number of aromatic nitrogens is 4. The van der Waals surface area contributed by atoms with Crippen LogP contribution in [0.1, 0.15) is 6.92 Å². The number of pyridine rings is 2. The van der Waals surface area contributed by atoms with Gasteiger partial charge in [0.05, 0.1) is 30.9 Å². The molecule has 8 nitrogen and oxygen atoms in total. The number of rotatable bonds is 3. The van der Waals surface area contributed by atoms with E-state index in [4.69, 9.17) is 9.72 Å². The van der Waals surface area contributed by atoms with Crippen LogP contribution in [0.5, 0.6) is 0 Å². The van der Waals surface area contributed by atoms with Gasteiger partial charge >= 0.3 is 0 Å². The summed E-state index contributed by atoms with van der Waals surface area (Å²) in [5.74, 6) is 0. The van der Waals surface area contributed by atoms with Crippen LogP contribution in [0, 0.1) is 0 Å². The van der Waals surface area contributed by atoms with Gasteiger partial charge in [-0.2, -0.15) is 0 Å². The summed E-state index contributed by atoms with van der Waals surface area (Å²) in [7, 11) is -3.48. The van der Waals surface area contributed by atoms with Crippen LogP contribution in [0.25, 0.3) is 33.3 Å². The van der Waals surface area contributed by atoms with Gasteiger partial charge < -0.3 is 14.6 Å². The van der Waals surface area contributed by atoms with Crippen LogP contribution >= 0.6 is 0 Å². The summed E-state index contributed by atoms with van der Waals surface area (Å²) in [6.07, 6.45) is 6.36. The van der Waals surface area contributed by atoms with Gasteiger partial charge in [-0.25, -0.2) is 22.4 Å². The van der Waals surface area contributed by atoms with Crippen LogP contribution in [-0.4, -0.2) is 59.4 Å². The minimum atomic E-state index is -3.48. The van der Waals surface area contributed by atoms with Gasteiger partial charge in [0.2, 0.25) is 10.0 Å².